The number of hydrogen-bond donors (Lipinski definition) is 2. The number of nitrogens with zero attached hydrogens (tertiary/aromatic N) is 1. The van der Waals surface area contributed by atoms with E-state index in [1.165, 1.54) is 0 Å². The molecule has 0 unspecified atom stereocenters. The molecule has 0 aliphatic carbocycles. The monoisotopic (exact) mass is 301 g/mol. The molecule has 0 saturated carbocycles. The van der Waals surface area contributed by atoms with Crippen LogP contribution >= 0.6 is 15.9 Å². The molecule has 0 aromatic heterocycles. The molecule has 0 bridgehead atoms. The lowest BCUT2D eigenvalue weighted by molar-refractivity contribution is 0.199. The van der Waals surface area contributed by atoms with Crippen molar-refractivity contribution in [3.63, 3.8) is 0 Å². The third-order valence-electron chi connectivity index (χ3n) is 2.73. The largest absolute Gasteiger partial charge is 0.395 e. The highest BCUT2D eigenvalue weighted by atomic mass is 79.9. The Balaban J connectivity index is 3.04. The Labute approximate surface area is 111 Å². The van der Waals surface area contributed by atoms with Crippen LogP contribution in [0.4, 0.5) is 5.69 Å². The topological polar surface area (TPSA) is 43.7 Å². The van der Waals surface area contributed by atoms with Gasteiger partial charge in [-0.25, -0.2) is 0 Å². The Kier molecular flexibility index (Phi) is 5.43. The average Bonchev–Trinajstić information content (AvgIpc) is 2.26. The summed E-state index contributed by atoms with van der Waals surface area (Å²) >= 11 is 3.52. The molecule has 0 aliphatic rings. The number of rotatable bonds is 5. The first-order chi connectivity index (χ1) is 7.97. The van der Waals surface area contributed by atoms with Crippen molar-refractivity contribution in [2.24, 2.45) is 0 Å². The van der Waals surface area contributed by atoms with Crippen molar-refractivity contribution in [3.8, 4) is 0 Å². The van der Waals surface area contributed by atoms with Crippen LogP contribution in [0.5, 0.6) is 0 Å². The van der Waals surface area contributed by atoms with Crippen LogP contribution in [0.2, 0.25) is 0 Å². The molecule has 4 heteroatoms. The number of aliphatic hydroxyl groups is 2. The van der Waals surface area contributed by atoms with Gasteiger partial charge >= 0.3 is 0 Å². The van der Waals surface area contributed by atoms with Crippen LogP contribution in [0.1, 0.15) is 32.4 Å². The van der Waals surface area contributed by atoms with Gasteiger partial charge in [-0.2, -0.15) is 0 Å². The van der Waals surface area contributed by atoms with E-state index in [1.54, 1.807) is 6.92 Å². The second-order valence-corrected chi connectivity index (χ2v) is 5.25. The summed E-state index contributed by atoms with van der Waals surface area (Å²) in [6.45, 7) is 6.65. The van der Waals surface area contributed by atoms with Gasteiger partial charge in [0.15, 0.2) is 0 Å². The first-order valence-corrected chi connectivity index (χ1v) is 6.61. The summed E-state index contributed by atoms with van der Waals surface area (Å²) in [5, 5.41) is 18.6. The molecule has 0 fully saturated rings. The highest BCUT2D eigenvalue weighted by Gasteiger charge is 2.14. The van der Waals surface area contributed by atoms with Gasteiger partial charge in [-0.1, -0.05) is 6.07 Å². The van der Waals surface area contributed by atoms with Crippen LogP contribution in [-0.4, -0.2) is 29.4 Å². The minimum absolute atomic E-state index is 0.128. The van der Waals surface area contributed by atoms with E-state index in [-0.39, 0.29) is 6.61 Å². The first kappa shape index (κ1) is 14.5. The van der Waals surface area contributed by atoms with Crippen molar-refractivity contribution < 1.29 is 10.2 Å². The number of aliphatic hydroxyl groups excluding tert-OH is 2. The fraction of sp³-hybridized carbons (Fsp3) is 0.538. The van der Waals surface area contributed by atoms with E-state index < -0.39 is 6.10 Å². The Morgan fingerprint density at radius 1 is 1.29 bits per heavy atom. The lowest BCUT2D eigenvalue weighted by atomic mass is 10.1. The zero-order chi connectivity index (χ0) is 13.0. The smallest absolute Gasteiger partial charge is 0.0762 e. The molecule has 3 nitrogen and oxygen atoms in total. The highest BCUT2D eigenvalue weighted by Crippen LogP contribution is 2.30. The van der Waals surface area contributed by atoms with E-state index in [0.29, 0.717) is 12.6 Å². The third-order valence-corrected chi connectivity index (χ3v) is 3.36. The van der Waals surface area contributed by atoms with Crippen LogP contribution in [-0.2, 0) is 0 Å². The molecule has 0 heterocycles. The molecule has 2 N–H and O–H groups in total. The molecular formula is C13H20BrNO2. The van der Waals surface area contributed by atoms with Gasteiger partial charge in [-0.3, -0.25) is 0 Å². The third kappa shape index (κ3) is 3.69. The number of benzene rings is 1. The number of anilines is 1. The van der Waals surface area contributed by atoms with Crippen molar-refractivity contribution in [3.05, 3.63) is 28.2 Å². The maximum Gasteiger partial charge on any atom is 0.0762 e. The molecule has 96 valence electrons. The maximum atomic E-state index is 9.52. The summed E-state index contributed by atoms with van der Waals surface area (Å²) in [4.78, 5) is 2.12. The predicted molar refractivity (Wildman–Crippen MR) is 74.3 cm³/mol. The second-order valence-electron chi connectivity index (χ2n) is 4.40. The van der Waals surface area contributed by atoms with Crippen LogP contribution in [0.25, 0.3) is 0 Å². The Morgan fingerprint density at radius 3 is 2.35 bits per heavy atom. The SMILES string of the molecule is CC(C)N(CCO)c1ccc([C@H](C)O)cc1Br. The first-order valence-electron chi connectivity index (χ1n) is 5.82. The molecule has 0 spiro atoms. The van der Waals surface area contributed by atoms with Crippen molar-refractivity contribution in [2.45, 2.75) is 32.9 Å². The van der Waals surface area contributed by atoms with Gasteiger partial charge in [-0.05, 0) is 54.4 Å². The summed E-state index contributed by atoms with van der Waals surface area (Å²) in [5.74, 6) is 0. The van der Waals surface area contributed by atoms with Gasteiger partial charge in [0.1, 0.15) is 0 Å². The standard InChI is InChI=1S/C13H20BrNO2/c1-9(2)15(6-7-16)13-5-4-11(10(3)17)8-12(13)14/h4-5,8-10,16-17H,6-7H2,1-3H3/t10-/m0/s1. The van der Waals surface area contributed by atoms with Crippen molar-refractivity contribution in [1.82, 2.24) is 0 Å². The second kappa shape index (κ2) is 6.38. The Bertz CT molecular complexity index is 366. The number of hydrogen-bond acceptors (Lipinski definition) is 3. The van der Waals surface area contributed by atoms with Crippen LogP contribution in [0, 0.1) is 0 Å². The van der Waals surface area contributed by atoms with Gasteiger partial charge in [0, 0.05) is 17.1 Å². The minimum atomic E-state index is -0.467. The quantitative estimate of drug-likeness (QED) is 0.879. The Hall–Kier alpha value is -0.580. The summed E-state index contributed by atoms with van der Waals surface area (Å²) in [5.41, 5.74) is 1.92. The molecule has 0 radical (unpaired) electrons. The summed E-state index contributed by atoms with van der Waals surface area (Å²) in [6, 6.07) is 6.13. The van der Waals surface area contributed by atoms with Gasteiger partial charge in [0.2, 0.25) is 0 Å². The van der Waals surface area contributed by atoms with Crippen LogP contribution in [0.15, 0.2) is 22.7 Å². The molecule has 1 aromatic rings. The summed E-state index contributed by atoms with van der Waals surface area (Å²) < 4.78 is 0.943. The van der Waals surface area contributed by atoms with E-state index in [1.807, 2.05) is 18.2 Å². The Morgan fingerprint density at radius 2 is 1.94 bits per heavy atom. The molecular weight excluding hydrogens is 282 g/mol. The molecule has 1 rings (SSSR count). The zero-order valence-electron chi connectivity index (χ0n) is 10.5. The fourth-order valence-corrected chi connectivity index (χ4v) is 2.40. The molecule has 0 amide bonds. The average molecular weight is 302 g/mol. The lowest BCUT2D eigenvalue weighted by Crippen LogP contribution is -2.33. The van der Waals surface area contributed by atoms with Gasteiger partial charge in [-0.15, -0.1) is 0 Å². The molecule has 0 aliphatic heterocycles. The van der Waals surface area contributed by atoms with Crippen molar-refractivity contribution in [1.29, 1.82) is 0 Å². The molecule has 1 aromatic carbocycles. The highest BCUT2D eigenvalue weighted by molar-refractivity contribution is 9.10. The van der Waals surface area contributed by atoms with E-state index >= 15 is 0 Å². The fourth-order valence-electron chi connectivity index (χ4n) is 1.78. The van der Waals surface area contributed by atoms with Crippen molar-refractivity contribution in [2.75, 3.05) is 18.1 Å². The van der Waals surface area contributed by atoms with Gasteiger partial charge in [0.25, 0.3) is 0 Å². The zero-order valence-corrected chi connectivity index (χ0v) is 12.1. The van der Waals surface area contributed by atoms with E-state index in [9.17, 15) is 5.11 Å². The van der Waals surface area contributed by atoms with Crippen LogP contribution in [0.3, 0.4) is 0 Å². The van der Waals surface area contributed by atoms with E-state index in [2.05, 4.69) is 34.7 Å². The van der Waals surface area contributed by atoms with E-state index in [0.717, 1.165) is 15.7 Å². The lowest BCUT2D eigenvalue weighted by Gasteiger charge is -2.29. The van der Waals surface area contributed by atoms with Gasteiger partial charge in [0.05, 0.1) is 18.4 Å². The number of halogens is 1. The minimum Gasteiger partial charge on any atom is -0.395 e. The van der Waals surface area contributed by atoms with E-state index in [4.69, 9.17) is 5.11 Å². The summed E-state index contributed by atoms with van der Waals surface area (Å²) in [6.07, 6.45) is -0.467. The maximum absolute atomic E-state index is 9.52. The van der Waals surface area contributed by atoms with Gasteiger partial charge < -0.3 is 15.1 Å². The molecule has 17 heavy (non-hydrogen) atoms. The summed E-state index contributed by atoms with van der Waals surface area (Å²) in [7, 11) is 0. The van der Waals surface area contributed by atoms with Crippen molar-refractivity contribution >= 4 is 21.6 Å². The predicted octanol–water partition coefficient (Wildman–Crippen LogP) is 2.71. The molecule has 1 atom stereocenters. The van der Waals surface area contributed by atoms with Crippen LogP contribution < -0.4 is 4.90 Å². The normalized spacial score (nSPS) is 12.9. The molecule has 0 saturated heterocycles.